The van der Waals surface area contributed by atoms with Crippen molar-refractivity contribution in [1.82, 2.24) is 5.32 Å². The van der Waals surface area contributed by atoms with E-state index in [0.29, 0.717) is 18.0 Å². The molecule has 0 aromatic heterocycles. The van der Waals surface area contributed by atoms with Crippen molar-refractivity contribution >= 4 is 28.2 Å². The van der Waals surface area contributed by atoms with Crippen LogP contribution in [0.25, 0.3) is 0 Å². The molecule has 0 bridgehead atoms. The van der Waals surface area contributed by atoms with Crippen molar-refractivity contribution in [3.05, 3.63) is 29.8 Å². The van der Waals surface area contributed by atoms with Crippen LogP contribution in [-0.2, 0) is 9.84 Å². The minimum atomic E-state index is -3.23. The molecule has 1 saturated carbocycles. The molecular formula is C16H25ClN2O3S. The molecule has 2 rings (SSSR count). The molecule has 1 aliphatic carbocycles. The Balaban J connectivity index is 0.00000264. The van der Waals surface area contributed by atoms with E-state index in [-0.39, 0.29) is 35.0 Å². The van der Waals surface area contributed by atoms with E-state index < -0.39 is 9.84 Å². The fourth-order valence-corrected chi connectivity index (χ4v) is 3.80. The van der Waals surface area contributed by atoms with Gasteiger partial charge in [0.05, 0.1) is 10.6 Å². The van der Waals surface area contributed by atoms with Crippen LogP contribution in [0.1, 0.15) is 43.0 Å². The molecule has 5 nitrogen and oxygen atoms in total. The van der Waals surface area contributed by atoms with E-state index in [1.165, 1.54) is 12.1 Å². The van der Waals surface area contributed by atoms with Gasteiger partial charge in [-0.25, -0.2) is 8.42 Å². The Kier molecular flexibility index (Phi) is 7.51. The molecule has 3 N–H and O–H groups in total. The number of hydrogen-bond acceptors (Lipinski definition) is 4. The Morgan fingerprint density at radius 2 is 1.83 bits per heavy atom. The van der Waals surface area contributed by atoms with E-state index in [0.717, 1.165) is 25.7 Å². The molecule has 0 radical (unpaired) electrons. The fourth-order valence-electron chi connectivity index (χ4n) is 2.91. The molecule has 1 amide bonds. The topological polar surface area (TPSA) is 89.3 Å². The molecule has 130 valence electrons. The van der Waals surface area contributed by atoms with Crippen molar-refractivity contribution in [3.8, 4) is 0 Å². The molecule has 2 atom stereocenters. The molecule has 1 aliphatic rings. The monoisotopic (exact) mass is 360 g/mol. The highest BCUT2D eigenvalue weighted by Crippen LogP contribution is 2.24. The summed E-state index contributed by atoms with van der Waals surface area (Å²) in [5.74, 6) is 0.224. The van der Waals surface area contributed by atoms with Gasteiger partial charge in [0.15, 0.2) is 9.84 Å². The maximum Gasteiger partial charge on any atom is 0.251 e. The van der Waals surface area contributed by atoms with E-state index >= 15 is 0 Å². The minimum Gasteiger partial charge on any atom is -0.349 e. The maximum absolute atomic E-state index is 12.3. The standard InChI is InChI=1S/C16H24N2O3S.ClH/c1-2-22(20,21)14-9-7-12(8-10-14)16(19)18-15-6-4-3-5-13(15)11-17;/h7-10,13,15H,2-6,11,17H2,1H3,(H,18,19);1H. The van der Waals surface area contributed by atoms with Crippen molar-refractivity contribution in [2.75, 3.05) is 12.3 Å². The Bertz CT molecular complexity index is 617. The van der Waals surface area contributed by atoms with E-state index in [1.54, 1.807) is 19.1 Å². The molecule has 0 heterocycles. The number of carbonyl (C=O) groups excluding carboxylic acids is 1. The normalized spacial score (nSPS) is 21.3. The van der Waals surface area contributed by atoms with Crippen LogP contribution in [0.3, 0.4) is 0 Å². The Labute approximate surface area is 144 Å². The van der Waals surface area contributed by atoms with Crippen LogP contribution in [0.2, 0.25) is 0 Å². The Morgan fingerprint density at radius 3 is 2.39 bits per heavy atom. The summed E-state index contributed by atoms with van der Waals surface area (Å²) < 4.78 is 23.5. The van der Waals surface area contributed by atoms with Crippen molar-refractivity contribution in [2.24, 2.45) is 11.7 Å². The zero-order chi connectivity index (χ0) is 16.2. The number of benzene rings is 1. The van der Waals surface area contributed by atoms with Gasteiger partial charge in [0, 0.05) is 11.6 Å². The first kappa shape index (κ1) is 19.9. The summed E-state index contributed by atoms with van der Waals surface area (Å²) in [4.78, 5) is 12.6. The third-order valence-corrected chi connectivity index (χ3v) is 6.13. The van der Waals surface area contributed by atoms with Gasteiger partial charge < -0.3 is 11.1 Å². The van der Waals surface area contributed by atoms with E-state index in [9.17, 15) is 13.2 Å². The average Bonchev–Trinajstić information content (AvgIpc) is 2.55. The van der Waals surface area contributed by atoms with Gasteiger partial charge in [-0.15, -0.1) is 12.4 Å². The second kappa shape index (κ2) is 8.66. The van der Waals surface area contributed by atoms with Gasteiger partial charge in [-0.3, -0.25) is 4.79 Å². The summed E-state index contributed by atoms with van der Waals surface area (Å²) in [7, 11) is -3.23. The first-order chi connectivity index (χ1) is 10.5. The van der Waals surface area contributed by atoms with Crippen LogP contribution in [0.15, 0.2) is 29.2 Å². The third-order valence-electron chi connectivity index (χ3n) is 4.38. The van der Waals surface area contributed by atoms with Gasteiger partial charge in [0.1, 0.15) is 0 Å². The predicted octanol–water partition coefficient (Wildman–Crippen LogP) is 2.15. The van der Waals surface area contributed by atoms with Gasteiger partial charge in [0.2, 0.25) is 0 Å². The summed E-state index contributed by atoms with van der Waals surface area (Å²) in [6.07, 6.45) is 4.28. The number of carbonyl (C=O) groups is 1. The molecule has 0 aliphatic heterocycles. The SMILES string of the molecule is CCS(=O)(=O)c1ccc(C(=O)NC2CCCCC2CN)cc1.Cl. The first-order valence-corrected chi connectivity index (χ1v) is 9.47. The van der Waals surface area contributed by atoms with Crippen molar-refractivity contribution < 1.29 is 13.2 Å². The average molecular weight is 361 g/mol. The van der Waals surface area contributed by atoms with Crippen molar-refractivity contribution in [3.63, 3.8) is 0 Å². The van der Waals surface area contributed by atoms with Gasteiger partial charge in [-0.2, -0.15) is 0 Å². The number of amides is 1. The molecule has 1 aromatic rings. The van der Waals surface area contributed by atoms with E-state index in [1.807, 2.05) is 0 Å². The number of sulfone groups is 1. The van der Waals surface area contributed by atoms with Gasteiger partial charge in [-0.05, 0) is 49.6 Å². The molecule has 0 saturated heterocycles. The lowest BCUT2D eigenvalue weighted by atomic mass is 9.84. The molecule has 1 fully saturated rings. The van der Waals surface area contributed by atoms with Crippen LogP contribution in [0.4, 0.5) is 0 Å². The minimum absolute atomic E-state index is 0. The largest absolute Gasteiger partial charge is 0.349 e. The van der Waals surface area contributed by atoms with E-state index in [2.05, 4.69) is 5.32 Å². The predicted molar refractivity (Wildman–Crippen MR) is 93.7 cm³/mol. The van der Waals surface area contributed by atoms with Crippen molar-refractivity contribution in [2.45, 2.75) is 43.5 Å². The van der Waals surface area contributed by atoms with Gasteiger partial charge in [0.25, 0.3) is 5.91 Å². The summed E-state index contributed by atoms with van der Waals surface area (Å²) in [6.45, 7) is 2.19. The zero-order valence-corrected chi connectivity index (χ0v) is 15.0. The lowest BCUT2D eigenvalue weighted by molar-refractivity contribution is 0.0908. The Hall–Kier alpha value is -1.11. The van der Waals surface area contributed by atoms with Gasteiger partial charge >= 0.3 is 0 Å². The number of hydrogen-bond donors (Lipinski definition) is 2. The molecule has 0 spiro atoms. The van der Waals surface area contributed by atoms with Crippen LogP contribution in [-0.4, -0.2) is 32.7 Å². The summed E-state index contributed by atoms with van der Waals surface area (Å²) in [5, 5.41) is 3.04. The smallest absolute Gasteiger partial charge is 0.251 e. The molecule has 23 heavy (non-hydrogen) atoms. The molecular weight excluding hydrogens is 336 g/mol. The first-order valence-electron chi connectivity index (χ1n) is 7.81. The highest BCUT2D eigenvalue weighted by molar-refractivity contribution is 7.91. The maximum atomic E-state index is 12.3. The third kappa shape index (κ3) is 4.93. The zero-order valence-electron chi connectivity index (χ0n) is 13.3. The second-order valence-electron chi connectivity index (χ2n) is 5.79. The molecule has 2 unspecified atom stereocenters. The highest BCUT2D eigenvalue weighted by Gasteiger charge is 2.25. The second-order valence-corrected chi connectivity index (χ2v) is 8.07. The highest BCUT2D eigenvalue weighted by atomic mass is 35.5. The van der Waals surface area contributed by atoms with Gasteiger partial charge in [-0.1, -0.05) is 19.8 Å². The molecule has 1 aromatic carbocycles. The fraction of sp³-hybridized carbons (Fsp3) is 0.562. The number of rotatable bonds is 5. The summed E-state index contributed by atoms with van der Waals surface area (Å²) in [6, 6.07) is 6.24. The van der Waals surface area contributed by atoms with Crippen LogP contribution >= 0.6 is 12.4 Å². The lowest BCUT2D eigenvalue weighted by Gasteiger charge is -2.31. The van der Waals surface area contributed by atoms with Crippen LogP contribution < -0.4 is 11.1 Å². The molecule has 7 heteroatoms. The van der Waals surface area contributed by atoms with Crippen LogP contribution in [0, 0.1) is 5.92 Å². The Morgan fingerprint density at radius 1 is 1.22 bits per heavy atom. The quantitative estimate of drug-likeness (QED) is 0.841. The van der Waals surface area contributed by atoms with Crippen LogP contribution in [0.5, 0.6) is 0 Å². The number of halogens is 1. The summed E-state index contributed by atoms with van der Waals surface area (Å²) >= 11 is 0. The summed E-state index contributed by atoms with van der Waals surface area (Å²) in [5.41, 5.74) is 6.26. The lowest BCUT2D eigenvalue weighted by Crippen LogP contribution is -2.44. The number of nitrogens with two attached hydrogens (primary N) is 1. The number of nitrogens with one attached hydrogen (secondary N) is 1. The van der Waals surface area contributed by atoms with Crippen molar-refractivity contribution in [1.29, 1.82) is 0 Å². The van der Waals surface area contributed by atoms with E-state index in [4.69, 9.17) is 5.73 Å².